The summed E-state index contributed by atoms with van der Waals surface area (Å²) in [5, 5.41) is 14.1. The number of amides is 1. The number of carboxylic acids is 1. The Morgan fingerprint density at radius 2 is 1.86 bits per heavy atom. The maximum atomic E-state index is 12.1. The monoisotopic (exact) mass is 297 g/mol. The second-order valence-electron chi connectivity index (χ2n) is 5.93. The summed E-state index contributed by atoms with van der Waals surface area (Å²) in [6.45, 7) is 0. The summed E-state index contributed by atoms with van der Waals surface area (Å²) in [7, 11) is 0. The van der Waals surface area contributed by atoms with Crippen LogP contribution in [0.3, 0.4) is 0 Å². The Morgan fingerprint density at radius 1 is 1.14 bits per heavy atom. The molecular formula is C18H19NO3. The van der Waals surface area contributed by atoms with Crippen LogP contribution in [0.1, 0.15) is 37.3 Å². The Morgan fingerprint density at radius 3 is 2.59 bits per heavy atom. The molecule has 4 heteroatoms. The van der Waals surface area contributed by atoms with Gasteiger partial charge in [-0.25, -0.2) is 0 Å². The zero-order chi connectivity index (χ0) is 15.5. The molecule has 1 saturated carbocycles. The van der Waals surface area contributed by atoms with Gasteiger partial charge in [0.1, 0.15) is 0 Å². The number of fused-ring (bicyclic) bond motifs is 1. The van der Waals surface area contributed by atoms with E-state index in [9.17, 15) is 14.7 Å². The molecule has 1 aliphatic rings. The summed E-state index contributed by atoms with van der Waals surface area (Å²) in [5.41, 5.74) is 0.865. The molecule has 0 spiro atoms. The standard InChI is InChI=1S/C18H19NO3/c20-17(10-12-8-9-12)19-16(11-18(21)22)15-7-3-5-13-4-1-2-6-14(13)15/h1-7,12,16H,8-11H2,(H,19,20)(H,21,22). The van der Waals surface area contributed by atoms with Crippen LogP contribution in [0.4, 0.5) is 0 Å². The quantitative estimate of drug-likeness (QED) is 0.860. The van der Waals surface area contributed by atoms with E-state index in [1.54, 1.807) is 0 Å². The normalized spacial score (nSPS) is 15.5. The second-order valence-corrected chi connectivity index (χ2v) is 5.93. The highest BCUT2D eigenvalue weighted by Crippen LogP contribution is 2.33. The fourth-order valence-electron chi connectivity index (χ4n) is 2.81. The van der Waals surface area contributed by atoms with Crippen molar-refractivity contribution in [3.05, 3.63) is 48.0 Å². The third kappa shape index (κ3) is 3.45. The second kappa shape index (κ2) is 6.18. The minimum absolute atomic E-state index is 0.0540. The van der Waals surface area contributed by atoms with E-state index in [0.29, 0.717) is 12.3 Å². The SMILES string of the molecule is O=C(O)CC(NC(=O)CC1CC1)c1cccc2ccccc12. The number of carbonyl (C=O) groups is 2. The zero-order valence-electron chi connectivity index (χ0n) is 12.3. The predicted octanol–water partition coefficient (Wildman–Crippen LogP) is 3.27. The van der Waals surface area contributed by atoms with E-state index in [1.807, 2.05) is 42.5 Å². The van der Waals surface area contributed by atoms with E-state index in [4.69, 9.17) is 0 Å². The Balaban J connectivity index is 1.89. The van der Waals surface area contributed by atoms with Crippen molar-refractivity contribution in [2.24, 2.45) is 5.92 Å². The number of benzene rings is 2. The van der Waals surface area contributed by atoms with Gasteiger partial charge >= 0.3 is 5.97 Å². The summed E-state index contributed by atoms with van der Waals surface area (Å²) in [6, 6.07) is 13.1. The summed E-state index contributed by atoms with van der Waals surface area (Å²) < 4.78 is 0. The molecule has 0 heterocycles. The number of rotatable bonds is 6. The topological polar surface area (TPSA) is 66.4 Å². The van der Waals surface area contributed by atoms with E-state index in [0.717, 1.165) is 29.2 Å². The van der Waals surface area contributed by atoms with E-state index >= 15 is 0 Å². The molecule has 0 saturated heterocycles. The summed E-state index contributed by atoms with van der Waals surface area (Å²) in [5.74, 6) is -0.482. The van der Waals surface area contributed by atoms with E-state index < -0.39 is 12.0 Å². The Bertz CT molecular complexity index is 701. The average molecular weight is 297 g/mol. The molecule has 2 aromatic rings. The number of nitrogens with one attached hydrogen (secondary N) is 1. The van der Waals surface area contributed by atoms with Gasteiger partial charge in [-0.05, 0) is 35.1 Å². The lowest BCUT2D eigenvalue weighted by molar-refractivity contribution is -0.137. The molecule has 2 N–H and O–H groups in total. The highest BCUT2D eigenvalue weighted by molar-refractivity contribution is 5.87. The number of carbonyl (C=O) groups excluding carboxylic acids is 1. The van der Waals surface area contributed by atoms with Crippen molar-refractivity contribution >= 4 is 22.6 Å². The number of hydrogen-bond donors (Lipinski definition) is 2. The first-order chi connectivity index (χ1) is 10.6. The molecule has 0 aliphatic heterocycles. The molecule has 1 unspecified atom stereocenters. The van der Waals surface area contributed by atoms with Crippen molar-refractivity contribution in [2.75, 3.05) is 0 Å². The van der Waals surface area contributed by atoms with Crippen LogP contribution in [0.2, 0.25) is 0 Å². The summed E-state index contributed by atoms with van der Waals surface area (Å²) in [6.07, 6.45) is 2.60. The van der Waals surface area contributed by atoms with Crippen LogP contribution in [-0.4, -0.2) is 17.0 Å². The van der Waals surface area contributed by atoms with Crippen molar-refractivity contribution in [3.8, 4) is 0 Å². The largest absolute Gasteiger partial charge is 0.481 e. The first-order valence-corrected chi connectivity index (χ1v) is 7.62. The van der Waals surface area contributed by atoms with Crippen LogP contribution in [-0.2, 0) is 9.59 Å². The summed E-state index contributed by atoms with van der Waals surface area (Å²) in [4.78, 5) is 23.3. The van der Waals surface area contributed by atoms with Crippen LogP contribution < -0.4 is 5.32 Å². The van der Waals surface area contributed by atoms with Crippen molar-refractivity contribution in [1.29, 1.82) is 0 Å². The Kier molecular flexibility index (Phi) is 4.09. The third-order valence-electron chi connectivity index (χ3n) is 4.08. The predicted molar refractivity (Wildman–Crippen MR) is 84.4 cm³/mol. The Hall–Kier alpha value is -2.36. The van der Waals surface area contributed by atoms with E-state index in [2.05, 4.69) is 5.32 Å². The lowest BCUT2D eigenvalue weighted by Gasteiger charge is -2.19. The molecule has 3 rings (SSSR count). The van der Waals surface area contributed by atoms with Gasteiger partial charge in [0.05, 0.1) is 12.5 Å². The van der Waals surface area contributed by atoms with Gasteiger partial charge in [0, 0.05) is 6.42 Å². The lowest BCUT2D eigenvalue weighted by atomic mass is 9.96. The van der Waals surface area contributed by atoms with Gasteiger partial charge in [-0.3, -0.25) is 9.59 Å². The van der Waals surface area contributed by atoms with E-state index in [-0.39, 0.29) is 12.3 Å². The van der Waals surface area contributed by atoms with Crippen LogP contribution in [0.15, 0.2) is 42.5 Å². The third-order valence-corrected chi connectivity index (χ3v) is 4.08. The Labute approximate surface area is 129 Å². The van der Waals surface area contributed by atoms with Crippen molar-refractivity contribution in [3.63, 3.8) is 0 Å². The molecule has 0 bridgehead atoms. The molecule has 4 nitrogen and oxygen atoms in total. The molecule has 1 aliphatic carbocycles. The maximum absolute atomic E-state index is 12.1. The molecule has 0 radical (unpaired) electrons. The highest BCUT2D eigenvalue weighted by Gasteiger charge is 2.26. The zero-order valence-corrected chi connectivity index (χ0v) is 12.3. The van der Waals surface area contributed by atoms with Crippen LogP contribution in [0, 0.1) is 5.92 Å². The van der Waals surface area contributed by atoms with Crippen LogP contribution in [0.25, 0.3) is 10.8 Å². The minimum Gasteiger partial charge on any atom is -0.481 e. The summed E-state index contributed by atoms with van der Waals surface area (Å²) >= 11 is 0. The van der Waals surface area contributed by atoms with Crippen LogP contribution in [0.5, 0.6) is 0 Å². The minimum atomic E-state index is -0.912. The molecule has 2 aromatic carbocycles. The van der Waals surface area contributed by atoms with Gasteiger partial charge < -0.3 is 10.4 Å². The molecular weight excluding hydrogens is 278 g/mol. The first-order valence-electron chi connectivity index (χ1n) is 7.62. The fourth-order valence-corrected chi connectivity index (χ4v) is 2.81. The smallest absolute Gasteiger partial charge is 0.305 e. The van der Waals surface area contributed by atoms with Crippen molar-refractivity contribution in [2.45, 2.75) is 31.7 Å². The van der Waals surface area contributed by atoms with Gasteiger partial charge in [0.2, 0.25) is 5.91 Å². The molecule has 1 atom stereocenters. The van der Waals surface area contributed by atoms with Crippen molar-refractivity contribution < 1.29 is 14.7 Å². The van der Waals surface area contributed by atoms with Gasteiger partial charge in [0.25, 0.3) is 0 Å². The van der Waals surface area contributed by atoms with Crippen molar-refractivity contribution in [1.82, 2.24) is 5.32 Å². The van der Waals surface area contributed by atoms with Gasteiger partial charge in [-0.1, -0.05) is 42.5 Å². The first kappa shape index (κ1) is 14.6. The van der Waals surface area contributed by atoms with E-state index in [1.165, 1.54) is 0 Å². The average Bonchev–Trinajstić information content (AvgIpc) is 3.29. The molecule has 0 aromatic heterocycles. The highest BCUT2D eigenvalue weighted by atomic mass is 16.4. The number of hydrogen-bond acceptors (Lipinski definition) is 2. The van der Waals surface area contributed by atoms with Crippen LogP contribution >= 0.6 is 0 Å². The fraction of sp³-hybridized carbons (Fsp3) is 0.333. The lowest BCUT2D eigenvalue weighted by Crippen LogP contribution is -2.30. The maximum Gasteiger partial charge on any atom is 0.305 e. The van der Waals surface area contributed by atoms with Gasteiger partial charge in [-0.2, -0.15) is 0 Å². The molecule has 114 valence electrons. The molecule has 1 amide bonds. The molecule has 1 fully saturated rings. The number of aliphatic carboxylic acids is 1. The number of carboxylic acid groups (broad SMARTS) is 1. The van der Waals surface area contributed by atoms with Gasteiger partial charge in [0.15, 0.2) is 0 Å². The van der Waals surface area contributed by atoms with Gasteiger partial charge in [-0.15, -0.1) is 0 Å². The molecule has 22 heavy (non-hydrogen) atoms.